The fourth-order valence-corrected chi connectivity index (χ4v) is 2.87. The number of rotatable bonds is 3. The Labute approximate surface area is 122 Å². The first-order chi connectivity index (χ1) is 9.11. The summed E-state index contributed by atoms with van der Waals surface area (Å²) in [5, 5.41) is 3.21. The molecule has 0 spiro atoms. The molecule has 0 aliphatic carbocycles. The Hall–Kier alpha value is -1.07. The smallest absolute Gasteiger partial charge is 0.219 e. The first-order valence-corrected chi connectivity index (χ1v) is 7.34. The van der Waals surface area contributed by atoms with E-state index in [1.54, 1.807) is 6.92 Å². The maximum Gasteiger partial charge on any atom is 0.219 e. The number of anilines is 1. The number of hydrogen-bond acceptors (Lipinski definition) is 3. The fourth-order valence-electron chi connectivity index (χ4n) is 2.46. The third-order valence-electron chi connectivity index (χ3n) is 3.47. The van der Waals surface area contributed by atoms with Gasteiger partial charge in [-0.15, -0.1) is 0 Å². The number of piperazine rings is 1. The van der Waals surface area contributed by atoms with Gasteiger partial charge in [-0.25, -0.2) is 0 Å². The van der Waals surface area contributed by atoms with Crippen LogP contribution in [-0.2, 0) is 11.3 Å². The van der Waals surface area contributed by atoms with Gasteiger partial charge in [0.15, 0.2) is 0 Å². The molecule has 2 rings (SSSR count). The Balaban J connectivity index is 2.12. The SMILES string of the molecule is CNCc1cc(Br)ccc1N1CCN(C(C)=O)CC1. The van der Waals surface area contributed by atoms with E-state index in [2.05, 4.69) is 44.3 Å². The van der Waals surface area contributed by atoms with Gasteiger partial charge in [0.25, 0.3) is 0 Å². The van der Waals surface area contributed by atoms with E-state index < -0.39 is 0 Å². The predicted molar refractivity (Wildman–Crippen MR) is 81.4 cm³/mol. The normalized spacial score (nSPS) is 15.7. The van der Waals surface area contributed by atoms with Gasteiger partial charge in [-0.1, -0.05) is 15.9 Å². The molecule has 0 aromatic heterocycles. The van der Waals surface area contributed by atoms with Crippen LogP contribution in [0.15, 0.2) is 22.7 Å². The van der Waals surface area contributed by atoms with E-state index in [1.807, 2.05) is 11.9 Å². The molecule has 1 saturated heterocycles. The standard InChI is InChI=1S/C14H20BrN3O/c1-11(19)17-5-7-18(8-6-17)14-4-3-13(15)9-12(14)10-16-2/h3-4,9,16H,5-8,10H2,1-2H3. The first-order valence-electron chi connectivity index (χ1n) is 6.55. The highest BCUT2D eigenvalue weighted by Crippen LogP contribution is 2.25. The minimum Gasteiger partial charge on any atom is -0.368 e. The summed E-state index contributed by atoms with van der Waals surface area (Å²) in [6.45, 7) is 5.91. The topological polar surface area (TPSA) is 35.6 Å². The zero-order chi connectivity index (χ0) is 13.8. The number of carbonyl (C=O) groups is 1. The molecule has 1 aliphatic heterocycles. The lowest BCUT2D eigenvalue weighted by Gasteiger charge is -2.36. The Bertz CT molecular complexity index is 456. The quantitative estimate of drug-likeness (QED) is 0.921. The molecule has 1 heterocycles. The van der Waals surface area contributed by atoms with Gasteiger partial charge in [-0.3, -0.25) is 4.79 Å². The number of amides is 1. The number of nitrogens with one attached hydrogen (secondary N) is 1. The van der Waals surface area contributed by atoms with Gasteiger partial charge in [0, 0.05) is 49.8 Å². The van der Waals surface area contributed by atoms with Crippen molar-refractivity contribution in [3.63, 3.8) is 0 Å². The van der Waals surface area contributed by atoms with Gasteiger partial charge in [0.2, 0.25) is 5.91 Å². The summed E-state index contributed by atoms with van der Waals surface area (Å²) in [7, 11) is 1.96. The highest BCUT2D eigenvalue weighted by molar-refractivity contribution is 9.10. The van der Waals surface area contributed by atoms with Crippen molar-refractivity contribution >= 4 is 27.5 Å². The molecule has 0 atom stereocenters. The average molecular weight is 326 g/mol. The third-order valence-corrected chi connectivity index (χ3v) is 3.97. The molecule has 5 heteroatoms. The molecule has 1 aromatic rings. The molecule has 0 saturated carbocycles. The van der Waals surface area contributed by atoms with Crippen molar-refractivity contribution < 1.29 is 4.79 Å². The first kappa shape index (κ1) is 14.3. The molecule has 1 aliphatic rings. The van der Waals surface area contributed by atoms with Gasteiger partial charge in [-0.2, -0.15) is 0 Å². The van der Waals surface area contributed by atoms with Crippen LogP contribution < -0.4 is 10.2 Å². The number of nitrogens with zero attached hydrogens (tertiary/aromatic N) is 2. The molecule has 1 aromatic carbocycles. The number of benzene rings is 1. The monoisotopic (exact) mass is 325 g/mol. The van der Waals surface area contributed by atoms with Crippen LogP contribution >= 0.6 is 15.9 Å². The molecular weight excluding hydrogens is 306 g/mol. The summed E-state index contributed by atoms with van der Waals surface area (Å²) >= 11 is 3.52. The van der Waals surface area contributed by atoms with E-state index in [1.165, 1.54) is 11.3 Å². The van der Waals surface area contributed by atoms with Crippen LogP contribution in [0, 0.1) is 0 Å². The van der Waals surface area contributed by atoms with E-state index in [4.69, 9.17) is 0 Å². The highest BCUT2D eigenvalue weighted by atomic mass is 79.9. The molecule has 0 bridgehead atoms. The maximum atomic E-state index is 11.3. The fraction of sp³-hybridized carbons (Fsp3) is 0.500. The van der Waals surface area contributed by atoms with Crippen LogP contribution in [-0.4, -0.2) is 44.0 Å². The van der Waals surface area contributed by atoms with Gasteiger partial charge >= 0.3 is 0 Å². The molecule has 1 N–H and O–H groups in total. The van der Waals surface area contributed by atoms with Crippen LogP contribution in [0.2, 0.25) is 0 Å². The number of carbonyl (C=O) groups excluding carboxylic acids is 1. The van der Waals surface area contributed by atoms with E-state index in [9.17, 15) is 4.79 Å². The van der Waals surface area contributed by atoms with E-state index in [-0.39, 0.29) is 5.91 Å². The molecule has 1 fully saturated rings. The molecule has 0 unspecified atom stereocenters. The second-order valence-electron chi connectivity index (χ2n) is 4.80. The molecular formula is C14H20BrN3O. The molecule has 19 heavy (non-hydrogen) atoms. The van der Waals surface area contributed by atoms with E-state index in [0.29, 0.717) is 0 Å². The van der Waals surface area contributed by atoms with Gasteiger partial charge in [0.05, 0.1) is 0 Å². The molecule has 4 nitrogen and oxygen atoms in total. The Morgan fingerprint density at radius 2 is 2.00 bits per heavy atom. The summed E-state index contributed by atoms with van der Waals surface area (Å²) in [5.41, 5.74) is 2.55. The minimum atomic E-state index is 0.172. The lowest BCUT2D eigenvalue weighted by molar-refractivity contribution is -0.129. The van der Waals surface area contributed by atoms with Crippen LogP contribution in [0.4, 0.5) is 5.69 Å². The van der Waals surface area contributed by atoms with Crippen molar-refractivity contribution in [2.45, 2.75) is 13.5 Å². The zero-order valence-electron chi connectivity index (χ0n) is 11.4. The van der Waals surface area contributed by atoms with Crippen molar-refractivity contribution in [1.29, 1.82) is 0 Å². The van der Waals surface area contributed by atoms with Crippen LogP contribution in [0.25, 0.3) is 0 Å². The second kappa shape index (κ2) is 6.39. The highest BCUT2D eigenvalue weighted by Gasteiger charge is 2.20. The second-order valence-corrected chi connectivity index (χ2v) is 5.71. The third kappa shape index (κ3) is 3.48. The van der Waals surface area contributed by atoms with E-state index >= 15 is 0 Å². The Morgan fingerprint density at radius 1 is 1.32 bits per heavy atom. The number of hydrogen-bond donors (Lipinski definition) is 1. The maximum absolute atomic E-state index is 11.3. The summed E-state index contributed by atoms with van der Waals surface area (Å²) in [4.78, 5) is 15.6. The van der Waals surface area contributed by atoms with Crippen molar-refractivity contribution in [1.82, 2.24) is 10.2 Å². The van der Waals surface area contributed by atoms with Crippen LogP contribution in [0.5, 0.6) is 0 Å². The van der Waals surface area contributed by atoms with Gasteiger partial charge < -0.3 is 15.1 Å². The van der Waals surface area contributed by atoms with Crippen molar-refractivity contribution in [2.75, 3.05) is 38.1 Å². The van der Waals surface area contributed by atoms with E-state index in [0.717, 1.165) is 37.2 Å². The summed E-state index contributed by atoms with van der Waals surface area (Å²) in [6, 6.07) is 6.38. The van der Waals surface area contributed by atoms with Gasteiger partial charge in [-0.05, 0) is 30.8 Å². The lowest BCUT2D eigenvalue weighted by Crippen LogP contribution is -2.48. The number of halogens is 1. The Kier molecular flexibility index (Phi) is 4.82. The van der Waals surface area contributed by atoms with Gasteiger partial charge in [0.1, 0.15) is 0 Å². The molecule has 0 radical (unpaired) electrons. The molecule has 1 amide bonds. The summed E-state index contributed by atoms with van der Waals surface area (Å²) in [5.74, 6) is 0.172. The van der Waals surface area contributed by atoms with Crippen molar-refractivity contribution in [3.05, 3.63) is 28.2 Å². The predicted octanol–water partition coefficient (Wildman–Crippen LogP) is 1.84. The molecule has 104 valence electrons. The largest absolute Gasteiger partial charge is 0.368 e. The van der Waals surface area contributed by atoms with Crippen LogP contribution in [0.3, 0.4) is 0 Å². The van der Waals surface area contributed by atoms with Crippen molar-refractivity contribution in [3.8, 4) is 0 Å². The minimum absolute atomic E-state index is 0.172. The van der Waals surface area contributed by atoms with Crippen LogP contribution in [0.1, 0.15) is 12.5 Å². The average Bonchev–Trinajstić information content (AvgIpc) is 2.39. The summed E-state index contributed by atoms with van der Waals surface area (Å²) in [6.07, 6.45) is 0. The zero-order valence-corrected chi connectivity index (χ0v) is 13.0. The lowest BCUT2D eigenvalue weighted by atomic mass is 10.1. The Morgan fingerprint density at radius 3 is 2.58 bits per heavy atom. The van der Waals surface area contributed by atoms with Crippen molar-refractivity contribution in [2.24, 2.45) is 0 Å². The summed E-state index contributed by atoms with van der Waals surface area (Å²) < 4.78 is 1.10.